The van der Waals surface area contributed by atoms with Gasteiger partial charge in [0.25, 0.3) is 5.91 Å². The number of rotatable bonds is 10. The number of aromatic nitrogens is 2. The summed E-state index contributed by atoms with van der Waals surface area (Å²) in [7, 11) is 3.32. The number of nitrogens with zero attached hydrogens (tertiary/aromatic N) is 5. The standard InChI is InChI=1S/C35H51N7O6/c1-7-26-31(45)40(5)27-22-36-32(38-29(27)42(26)24-11-8-9-12-24)37-25-14-13-23(21-28(25)47-6)30(44)39-35(15-10-20-43)16-18-41(19-17-35)33(46)48-34(2,3)4/h13-14,21-22,24,26,43H,7-12,15-20H2,1-6H3,(H,39,44)(H,36,37,38)/t26-/m1/s1. The zero-order chi connectivity index (χ0) is 34.6. The number of methoxy groups -OCH3 is 1. The predicted molar refractivity (Wildman–Crippen MR) is 184 cm³/mol. The highest BCUT2D eigenvalue weighted by molar-refractivity contribution is 6.04. The lowest BCUT2D eigenvalue weighted by Crippen LogP contribution is -2.56. The van der Waals surface area contributed by atoms with Crippen LogP contribution in [0.15, 0.2) is 24.4 Å². The van der Waals surface area contributed by atoms with Crippen LogP contribution in [-0.2, 0) is 9.53 Å². The van der Waals surface area contributed by atoms with E-state index in [4.69, 9.17) is 14.5 Å². The normalized spacial score (nSPS) is 19.6. The number of amides is 3. The summed E-state index contributed by atoms with van der Waals surface area (Å²) in [6.07, 6.45) is 8.54. The van der Waals surface area contributed by atoms with Gasteiger partial charge in [-0.1, -0.05) is 19.8 Å². The van der Waals surface area contributed by atoms with E-state index in [0.29, 0.717) is 73.8 Å². The summed E-state index contributed by atoms with van der Waals surface area (Å²) in [5, 5.41) is 16.1. The first-order chi connectivity index (χ1) is 22.9. The van der Waals surface area contributed by atoms with E-state index in [2.05, 4.69) is 20.5 Å². The van der Waals surface area contributed by atoms with Crippen LogP contribution in [0.2, 0.25) is 0 Å². The summed E-state index contributed by atoms with van der Waals surface area (Å²) in [6, 6.07) is 5.15. The molecule has 5 rings (SSSR count). The number of carbonyl (C=O) groups is 3. The molecule has 0 radical (unpaired) electrons. The van der Waals surface area contributed by atoms with Crippen molar-refractivity contribution in [2.45, 2.75) is 109 Å². The molecule has 13 heteroatoms. The fourth-order valence-electron chi connectivity index (χ4n) is 7.11. The molecule has 1 aliphatic carbocycles. The van der Waals surface area contributed by atoms with Gasteiger partial charge in [-0.15, -0.1) is 0 Å². The lowest BCUT2D eigenvalue weighted by Gasteiger charge is -2.43. The molecule has 1 aromatic heterocycles. The summed E-state index contributed by atoms with van der Waals surface area (Å²) in [4.78, 5) is 54.5. The molecule has 13 nitrogen and oxygen atoms in total. The third-order valence-corrected chi connectivity index (χ3v) is 9.69. The van der Waals surface area contributed by atoms with Gasteiger partial charge in [-0.3, -0.25) is 9.59 Å². The second-order valence-corrected chi connectivity index (χ2v) is 14.1. The van der Waals surface area contributed by atoms with Crippen molar-refractivity contribution >= 4 is 41.0 Å². The minimum Gasteiger partial charge on any atom is -0.495 e. The largest absolute Gasteiger partial charge is 0.495 e. The molecule has 2 aromatic rings. The van der Waals surface area contributed by atoms with Crippen LogP contribution in [0.1, 0.15) is 95.8 Å². The number of piperidine rings is 1. The Balaban J connectivity index is 1.33. The minimum absolute atomic E-state index is 0.0104. The second kappa shape index (κ2) is 14.6. The monoisotopic (exact) mass is 665 g/mol. The maximum absolute atomic E-state index is 13.6. The van der Waals surface area contributed by atoms with Crippen LogP contribution in [0.25, 0.3) is 0 Å². The molecule has 3 aliphatic rings. The van der Waals surface area contributed by atoms with Gasteiger partial charge in [0.05, 0.1) is 19.0 Å². The number of aliphatic hydroxyl groups excluding tert-OH is 1. The van der Waals surface area contributed by atoms with E-state index in [1.807, 2.05) is 27.7 Å². The van der Waals surface area contributed by atoms with E-state index < -0.39 is 11.1 Å². The van der Waals surface area contributed by atoms with Gasteiger partial charge in [-0.2, -0.15) is 4.98 Å². The molecule has 3 N–H and O–H groups in total. The SMILES string of the molecule is CC[C@@H]1C(=O)N(C)c2cnc(Nc3ccc(C(=O)NC4(CCCO)CCN(C(=O)OC(C)(C)C)CC4)cc3OC)nc2N1C1CCCC1. The van der Waals surface area contributed by atoms with Crippen molar-refractivity contribution < 1.29 is 29.0 Å². The first-order valence-electron chi connectivity index (χ1n) is 17.2. The maximum Gasteiger partial charge on any atom is 0.410 e. The fraction of sp³-hybridized carbons (Fsp3) is 0.629. The van der Waals surface area contributed by atoms with E-state index >= 15 is 0 Å². The predicted octanol–water partition coefficient (Wildman–Crippen LogP) is 5.00. The molecule has 0 unspecified atom stereocenters. The smallest absolute Gasteiger partial charge is 0.410 e. The van der Waals surface area contributed by atoms with E-state index in [1.165, 1.54) is 0 Å². The molecular weight excluding hydrogens is 614 g/mol. The summed E-state index contributed by atoms with van der Waals surface area (Å²) in [6.45, 7) is 8.44. The first kappa shape index (κ1) is 35.2. The number of hydrogen-bond acceptors (Lipinski definition) is 10. The molecule has 1 saturated carbocycles. The van der Waals surface area contributed by atoms with Crippen molar-refractivity contribution in [1.82, 2.24) is 20.2 Å². The number of hydrogen-bond donors (Lipinski definition) is 3. The highest BCUT2D eigenvalue weighted by atomic mass is 16.6. The molecule has 2 aliphatic heterocycles. The van der Waals surface area contributed by atoms with Crippen LogP contribution in [0.5, 0.6) is 5.75 Å². The summed E-state index contributed by atoms with van der Waals surface area (Å²) >= 11 is 0. The number of likely N-dealkylation sites (tertiary alicyclic amines) is 1. The van der Waals surface area contributed by atoms with Crippen LogP contribution < -0.4 is 25.2 Å². The van der Waals surface area contributed by atoms with Crippen molar-refractivity contribution in [1.29, 1.82) is 0 Å². The van der Waals surface area contributed by atoms with Gasteiger partial charge in [-0.05, 0) is 83.9 Å². The Morgan fingerprint density at radius 3 is 2.48 bits per heavy atom. The van der Waals surface area contributed by atoms with Gasteiger partial charge in [0.15, 0.2) is 5.82 Å². The highest BCUT2D eigenvalue weighted by Crippen LogP contribution is 2.40. The van der Waals surface area contributed by atoms with Crippen LogP contribution in [0.4, 0.5) is 27.9 Å². The quantitative estimate of drug-likeness (QED) is 0.316. The molecule has 48 heavy (non-hydrogen) atoms. The first-order valence-corrected chi connectivity index (χ1v) is 17.2. The van der Waals surface area contributed by atoms with Gasteiger partial charge in [-0.25, -0.2) is 9.78 Å². The lowest BCUT2D eigenvalue weighted by atomic mass is 9.83. The van der Waals surface area contributed by atoms with Crippen molar-refractivity contribution in [3.05, 3.63) is 30.0 Å². The number of anilines is 4. The molecule has 3 heterocycles. The van der Waals surface area contributed by atoms with Gasteiger partial charge >= 0.3 is 6.09 Å². The molecule has 2 fully saturated rings. The third-order valence-electron chi connectivity index (χ3n) is 9.69. The Morgan fingerprint density at radius 2 is 1.85 bits per heavy atom. The molecule has 0 spiro atoms. The molecule has 1 aromatic carbocycles. The Kier molecular flexibility index (Phi) is 10.7. The van der Waals surface area contributed by atoms with Crippen molar-refractivity contribution in [2.24, 2.45) is 0 Å². The van der Waals surface area contributed by atoms with E-state index in [0.717, 1.165) is 31.5 Å². The van der Waals surface area contributed by atoms with Gasteiger partial charge in [0, 0.05) is 43.9 Å². The lowest BCUT2D eigenvalue weighted by molar-refractivity contribution is -0.120. The van der Waals surface area contributed by atoms with Crippen LogP contribution in [-0.4, -0.2) is 95.0 Å². The second-order valence-electron chi connectivity index (χ2n) is 14.1. The minimum atomic E-state index is -0.589. The topological polar surface area (TPSA) is 149 Å². The fourth-order valence-corrected chi connectivity index (χ4v) is 7.11. The van der Waals surface area contributed by atoms with Crippen LogP contribution >= 0.6 is 0 Å². The summed E-state index contributed by atoms with van der Waals surface area (Å²) < 4.78 is 11.2. The number of aliphatic hydroxyl groups is 1. The summed E-state index contributed by atoms with van der Waals surface area (Å²) in [5.41, 5.74) is 0.534. The molecule has 1 saturated heterocycles. The number of fused-ring (bicyclic) bond motifs is 1. The van der Waals surface area contributed by atoms with Crippen molar-refractivity contribution in [3.63, 3.8) is 0 Å². The molecule has 0 bridgehead atoms. The van der Waals surface area contributed by atoms with Gasteiger partial charge in [0.1, 0.15) is 23.1 Å². The Hall–Kier alpha value is -4.13. The Bertz CT molecular complexity index is 1480. The number of ether oxygens (including phenoxy) is 2. The average Bonchev–Trinajstić information content (AvgIpc) is 3.59. The Labute approximate surface area is 283 Å². The van der Waals surface area contributed by atoms with Crippen molar-refractivity contribution in [2.75, 3.05) is 49.0 Å². The zero-order valence-corrected chi connectivity index (χ0v) is 29.2. The number of nitrogens with one attached hydrogen (secondary N) is 2. The Morgan fingerprint density at radius 1 is 1.15 bits per heavy atom. The van der Waals surface area contributed by atoms with E-state index in [9.17, 15) is 19.5 Å². The number of carbonyl (C=O) groups excluding carboxylic acids is 3. The third kappa shape index (κ3) is 7.61. The molecular formula is C35H51N7O6. The molecule has 3 amide bonds. The van der Waals surface area contributed by atoms with Crippen LogP contribution in [0, 0.1) is 0 Å². The average molecular weight is 666 g/mol. The molecule has 1 atom stereocenters. The number of likely N-dealkylation sites (N-methyl/N-ethyl adjacent to an activating group) is 1. The highest BCUT2D eigenvalue weighted by Gasteiger charge is 2.42. The van der Waals surface area contributed by atoms with Gasteiger partial charge in [0.2, 0.25) is 11.9 Å². The summed E-state index contributed by atoms with van der Waals surface area (Å²) in [5.74, 6) is 1.35. The van der Waals surface area contributed by atoms with Gasteiger partial charge < -0.3 is 39.9 Å². The number of benzene rings is 1. The zero-order valence-electron chi connectivity index (χ0n) is 29.2. The maximum atomic E-state index is 13.6. The van der Waals surface area contributed by atoms with E-state index in [-0.39, 0.29) is 36.6 Å². The molecule has 262 valence electrons. The van der Waals surface area contributed by atoms with E-state index in [1.54, 1.807) is 48.4 Å². The van der Waals surface area contributed by atoms with Crippen LogP contribution in [0.3, 0.4) is 0 Å². The van der Waals surface area contributed by atoms with Crippen molar-refractivity contribution in [3.8, 4) is 5.75 Å².